The quantitative estimate of drug-likeness (QED) is 0.193. The van der Waals surface area contributed by atoms with Crippen LogP contribution in [0.1, 0.15) is 31.9 Å². The number of nitrogens with one attached hydrogen (secondary N) is 2. The summed E-state index contributed by atoms with van der Waals surface area (Å²) in [6, 6.07) is 23.5. The first-order valence-corrected chi connectivity index (χ1v) is 16.9. The molecule has 3 aromatic carbocycles. The van der Waals surface area contributed by atoms with E-state index in [1.165, 1.54) is 30.1 Å². The molecule has 0 bridgehead atoms. The number of carbonyl (C=O) groups is 2. The van der Waals surface area contributed by atoms with Gasteiger partial charge in [0.25, 0.3) is 10.0 Å². The van der Waals surface area contributed by atoms with Gasteiger partial charge in [0.1, 0.15) is 5.60 Å². The van der Waals surface area contributed by atoms with Crippen molar-refractivity contribution in [2.24, 2.45) is 0 Å². The van der Waals surface area contributed by atoms with Crippen molar-refractivity contribution in [1.82, 2.24) is 8.87 Å². The van der Waals surface area contributed by atoms with Gasteiger partial charge in [-0.3, -0.25) is 15.0 Å². The van der Waals surface area contributed by atoms with Gasteiger partial charge < -0.3 is 14.8 Å². The standard InChI is InChI=1S/C36H40N4O6S/c1-36(2,3)46-35(42)38-33-13-5-4-12-32(33)37-34(41)15-14-28-17-19-40(26-28)47(43,44)31-11-7-10-30(25-31)29-9-6-8-27(24-29)16-18-39-20-22-45-23-21-39/h4-15,17,19,24-26H,16,18,20-23H2,1-3H3,(H,37,41)(H,38,42). The Labute approximate surface area is 276 Å². The first-order valence-electron chi connectivity index (χ1n) is 15.5. The van der Waals surface area contributed by atoms with E-state index >= 15 is 0 Å². The fourth-order valence-corrected chi connectivity index (χ4v) is 6.33. The van der Waals surface area contributed by atoms with E-state index in [0.29, 0.717) is 16.9 Å². The number of amides is 2. The SMILES string of the molecule is CC(C)(C)OC(=O)Nc1ccccc1NC(=O)C=Cc1ccn(S(=O)(=O)c2cccc(-c3cccc(CCN4CCOCC4)c3)c2)c1. The molecule has 2 amide bonds. The summed E-state index contributed by atoms with van der Waals surface area (Å²) in [4.78, 5) is 27.5. The molecule has 10 nitrogen and oxygen atoms in total. The molecule has 0 unspecified atom stereocenters. The van der Waals surface area contributed by atoms with Crippen LogP contribution in [-0.4, -0.2) is 67.7 Å². The Hall–Kier alpha value is -4.71. The number of ether oxygens (including phenoxy) is 2. The van der Waals surface area contributed by atoms with Crippen LogP contribution in [0.15, 0.2) is 102 Å². The number of morpholine rings is 1. The van der Waals surface area contributed by atoms with E-state index in [-0.39, 0.29) is 4.90 Å². The molecule has 0 saturated carbocycles. The van der Waals surface area contributed by atoms with Crippen molar-refractivity contribution in [2.75, 3.05) is 43.5 Å². The zero-order valence-electron chi connectivity index (χ0n) is 26.8. The van der Waals surface area contributed by atoms with E-state index in [1.54, 1.807) is 69.3 Å². The fraction of sp³-hybridized carbons (Fsp3) is 0.278. The lowest BCUT2D eigenvalue weighted by Gasteiger charge is -2.26. The summed E-state index contributed by atoms with van der Waals surface area (Å²) in [6.07, 6.45) is 5.98. The average molecular weight is 657 g/mol. The molecule has 0 radical (unpaired) electrons. The van der Waals surface area contributed by atoms with Gasteiger partial charge in [0.05, 0.1) is 29.5 Å². The summed E-state index contributed by atoms with van der Waals surface area (Å²) in [5.41, 5.74) is 3.56. The molecule has 1 aliphatic heterocycles. The minimum Gasteiger partial charge on any atom is -0.444 e. The number of para-hydroxylation sites is 2. The molecule has 0 aliphatic carbocycles. The highest BCUT2D eigenvalue weighted by atomic mass is 32.2. The Morgan fingerprint density at radius 2 is 1.57 bits per heavy atom. The summed E-state index contributed by atoms with van der Waals surface area (Å²) in [6.45, 7) is 9.63. The number of nitrogens with zero attached hydrogens (tertiary/aromatic N) is 2. The van der Waals surface area contributed by atoms with Gasteiger partial charge in [-0.15, -0.1) is 0 Å². The summed E-state index contributed by atoms with van der Waals surface area (Å²) in [5.74, 6) is -0.459. The van der Waals surface area contributed by atoms with Gasteiger partial charge in [0.15, 0.2) is 0 Å². The molecule has 5 rings (SSSR count). The minimum atomic E-state index is -3.89. The van der Waals surface area contributed by atoms with E-state index in [1.807, 2.05) is 18.2 Å². The van der Waals surface area contributed by atoms with Crippen LogP contribution in [-0.2, 0) is 30.7 Å². The number of aromatic nitrogens is 1. The predicted octanol–water partition coefficient (Wildman–Crippen LogP) is 6.27. The largest absolute Gasteiger partial charge is 0.444 e. The molecule has 4 aromatic rings. The van der Waals surface area contributed by atoms with E-state index < -0.39 is 27.6 Å². The van der Waals surface area contributed by atoms with E-state index in [2.05, 4.69) is 27.7 Å². The topological polar surface area (TPSA) is 119 Å². The molecule has 1 aliphatic rings. The fourth-order valence-electron chi connectivity index (χ4n) is 5.08. The Bertz CT molecular complexity index is 1850. The zero-order chi connectivity index (χ0) is 33.4. The molecular formula is C36H40N4O6S. The average Bonchev–Trinajstić information content (AvgIpc) is 3.54. The third-order valence-electron chi connectivity index (χ3n) is 7.43. The van der Waals surface area contributed by atoms with Crippen molar-refractivity contribution in [3.8, 4) is 11.1 Å². The molecular weight excluding hydrogens is 616 g/mol. The van der Waals surface area contributed by atoms with Gasteiger partial charge in [-0.05, 0) is 85.9 Å². The smallest absolute Gasteiger partial charge is 0.412 e. The number of hydrogen-bond acceptors (Lipinski definition) is 7. The molecule has 11 heteroatoms. The zero-order valence-corrected chi connectivity index (χ0v) is 27.6. The van der Waals surface area contributed by atoms with Crippen LogP contribution in [0.3, 0.4) is 0 Å². The van der Waals surface area contributed by atoms with Gasteiger partial charge in [-0.2, -0.15) is 0 Å². The summed E-state index contributed by atoms with van der Waals surface area (Å²) in [5, 5.41) is 5.37. The lowest BCUT2D eigenvalue weighted by atomic mass is 10.0. The van der Waals surface area contributed by atoms with Gasteiger partial charge in [-0.1, -0.05) is 48.5 Å². The maximum atomic E-state index is 13.6. The Balaban J connectivity index is 1.24. The van der Waals surface area contributed by atoms with Crippen LogP contribution in [0, 0.1) is 0 Å². The molecule has 1 fully saturated rings. The van der Waals surface area contributed by atoms with Crippen LogP contribution >= 0.6 is 0 Å². The van der Waals surface area contributed by atoms with Crippen molar-refractivity contribution in [2.45, 2.75) is 37.7 Å². The second kappa shape index (κ2) is 14.8. The Kier molecular flexibility index (Phi) is 10.6. The van der Waals surface area contributed by atoms with Crippen LogP contribution in [0.2, 0.25) is 0 Å². The second-order valence-electron chi connectivity index (χ2n) is 12.2. The molecule has 1 aromatic heterocycles. The highest BCUT2D eigenvalue weighted by Crippen LogP contribution is 2.26. The van der Waals surface area contributed by atoms with Crippen molar-refractivity contribution in [3.63, 3.8) is 0 Å². The first-order chi connectivity index (χ1) is 22.5. The number of benzene rings is 3. The molecule has 0 atom stereocenters. The molecule has 47 heavy (non-hydrogen) atoms. The number of hydrogen-bond donors (Lipinski definition) is 2. The van der Waals surface area contributed by atoms with Crippen molar-refractivity contribution in [1.29, 1.82) is 0 Å². The summed E-state index contributed by atoms with van der Waals surface area (Å²) < 4.78 is 39.0. The molecule has 246 valence electrons. The number of carbonyl (C=O) groups excluding carboxylic acids is 2. The molecule has 1 saturated heterocycles. The van der Waals surface area contributed by atoms with Gasteiger partial charge in [0.2, 0.25) is 5.91 Å². The maximum Gasteiger partial charge on any atom is 0.412 e. The van der Waals surface area contributed by atoms with Crippen LogP contribution in [0.25, 0.3) is 17.2 Å². The lowest BCUT2D eigenvalue weighted by Crippen LogP contribution is -2.37. The van der Waals surface area contributed by atoms with Crippen LogP contribution in [0.5, 0.6) is 0 Å². The minimum absolute atomic E-state index is 0.159. The maximum absolute atomic E-state index is 13.6. The van der Waals surface area contributed by atoms with E-state index in [0.717, 1.165) is 54.4 Å². The molecule has 2 N–H and O–H groups in total. The number of anilines is 2. The Morgan fingerprint density at radius 3 is 2.30 bits per heavy atom. The first kappa shape index (κ1) is 33.6. The summed E-state index contributed by atoms with van der Waals surface area (Å²) >= 11 is 0. The second-order valence-corrected chi connectivity index (χ2v) is 14.1. The number of rotatable bonds is 10. The third-order valence-corrected chi connectivity index (χ3v) is 9.06. The van der Waals surface area contributed by atoms with Crippen molar-refractivity contribution in [3.05, 3.63) is 108 Å². The molecule has 2 heterocycles. The van der Waals surface area contributed by atoms with Gasteiger partial charge in [-0.25, -0.2) is 17.2 Å². The highest BCUT2D eigenvalue weighted by Gasteiger charge is 2.19. The van der Waals surface area contributed by atoms with Crippen LogP contribution in [0.4, 0.5) is 16.2 Å². The Morgan fingerprint density at radius 1 is 0.894 bits per heavy atom. The van der Waals surface area contributed by atoms with Crippen molar-refractivity contribution < 1.29 is 27.5 Å². The van der Waals surface area contributed by atoms with Gasteiger partial charge in [0, 0.05) is 38.1 Å². The molecule has 0 spiro atoms. The monoisotopic (exact) mass is 656 g/mol. The third kappa shape index (κ3) is 9.41. The summed E-state index contributed by atoms with van der Waals surface area (Å²) in [7, 11) is -3.89. The van der Waals surface area contributed by atoms with Crippen molar-refractivity contribution >= 4 is 39.5 Å². The lowest BCUT2D eigenvalue weighted by molar-refractivity contribution is -0.111. The highest BCUT2D eigenvalue weighted by molar-refractivity contribution is 7.90. The van der Waals surface area contributed by atoms with Gasteiger partial charge >= 0.3 is 6.09 Å². The van der Waals surface area contributed by atoms with Crippen LogP contribution < -0.4 is 10.6 Å². The van der Waals surface area contributed by atoms with E-state index in [4.69, 9.17) is 9.47 Å². The normalized spacial score (nSPS) is 14.2. The van der Waals surface area contributed by atoms with E-state index in [9.17, 15) is 18.0 Å². The predicted molar refractivity (Wildman–Crippen MR) is 184 cm³/mol.